The van der Waals surface area contributed by atoms with E-state index in [-0.39, 0.29) is 12.1 Å². The van der Waals surface area contributed by atoms with Gasteiger partial charge in [0.15, 0.2) is 0 Å². The maximum atomic E-state index is 11.8. The molecule has 0 aliphatic carbocycles. The number of hydrogen-bond acceptors (Lipinski definition) is 3. The second-order valence-electron chi connectivity index (χ2n) is 4.83. The third kappa shape index (κ3) is 3.15. The first-order valence-corrected chi connectivity index (χ1v) is 6.63. The Labute approximate surface area is 112 Å². The summed E-state index contributed by atoms with van der Waals surface area (Å²) in [5.74, 6) is -0.334. The first kappa shape index (κ1) is 13.6. The number of H-pyrrole nitrogens is 1. The lowest BCUT2D eigenvalue weighted by Crippen LogP contribution is -2.36. The van der Waals surface area contributed by atoms with E-state index in [1.165, 1.54) is 0 Å². The molecular formula is C15H20N2O2. The van der Waals surface area contributed by atoms with Crippen LogP contribution in [0.15, 0.2) is 30.5 Å². The first-order chi connectivity index (χ1) is 9.11. The molecule has 2 aromatic rings. The average Bonchev–Trinajstić information content (AvgIpc) is 2.82. The van der Waals surface area contributed by atoms with E-state index in [2.05, 4.69) is 4.98 Å². The molecule has 0 bridgehead atoms. The van der Waals surface area contributed by atoms with Gasteiger partial charge in [0.1, 0.15) is 6.04 Å². The molecule has 0 spiro atoms. The summed E-state index contributed by atoms with van der Waals surface area (Å²) in [7, 11) is 0. The summed E-state index contributed by atoms with van der Waals surface area (Å²) in [5.41, 5.74) is 8.02. The standard InChI is InChI=1S/C15H20N2O2/c1-3-10(2)19-15(18)13(16)8-11-9-17-14-7-5-4-6-12(11)14/h4-7,9-10,13,17H,3,8,16H2,1-2H3. The van der Waals surface area contributed by atoms with Crippen LogP contribution in [0.4, 0.5) is 0 Å². The van der Waals surface area contributed by atoms with Crippen LogP contribution in [-0.2, 0) is 16.0 Å². The van der Waals surface area contributed by atoms with Crippen LogP contribution in [0, 0.1) is 0 Å². The summed E-state index contributed by atoms with van der Waals surface area (Å²) in [6.45, 7) is 3.85. The minimum atomic E-state index is -0.617. The topological polar surface area (TPSA) is 68.1 Å². The summed E-state index contributed by atoms with van der Waals surface area (Å²) in [5, 5.41) is 1.11. The Hall–Kier alpha value is -1.81. The van der Waals surface area contributed by atoms with Gasteiger partial charge in [-0.2, -0.15) is 0 Å². The molecule has 2 rings (SSSR count). The molecule has 0 saturated heterocycles. The molecule has 2 atom stereocenters. The smallest absolute Gasteiger partial charge is 0.323 e. The maximum Gasteiger partial charge on any atom is 0.323 e. The van der Waals surface area contributed by atoms with Gasteiger partial charge in [0, 0.05) is 23.5 Å². The summed E-state index contributed by atoms with van der Waals surface area (Å²) >= 11 is 0. The van der Waals surface area contributed by atoms with Gasteiger partial charge in [-0.25, -0.2) is 0 Å². The Balaban J connectivity index is 2.06. The van der Waals surface area contributed by atoms with E-state index < -0.39 is 6.04 Å². The van der Waals surface area contributed by atoms with E-state index in [0.717, 1.165) is 22.9 Å². The SMILES string of the molecule is CCC(C)OC(=O)C(N)Cc1c[nH]c2ccccc12. The van der Waals surface area contributed by atoms with Crippen molar-refractivity contribution in [2.24, 2.45) is 5.73 Å². The molecule has 102 valence electrons. The molecule has 0 saturated carbocycles. The number of esters is 1. The van der Waals surface area contributed by atoms with Crippen LogP contribution in [0.1, 0.15) is 25.8 Å². The molecule has 0 amide bonds. The lowest BCUT2D eigenvalue weighted by Gasteiger charge is -2.15. The lowest BCUT2D eigenvalue weighted by molar-refractivity contribution is -0.149. The van der Waals surface area contributed by atoms with Crippen LogP contribution in [0.3, 0.4) is 0 Å². The van der Waals surface area contributed by atoms with Crippen molar-refractivity contribution in [3.05, 3.63) is 36.0 Å². The Bertz CT molecular complexity index is 562. The third-order valence-electron chi connectivity index (χ3n) is 3.31. The lowest BCUT2D eigenvalue weighted by atomic mass is 10.1. The Kier molecular flexibility index (Phi) is 4.22. The van der Waals surface area contributed by atoms with Crippen molar-refractivity contribution in [2.75, 3.05) is 0 Å². The molecule has 1 aromatic heterocycles. The number of nitrogens with one attached hydrogen (secondary N) is 1. The number of hydrogen-bond donors (Lipinski definition) is 2. The molecule has 4 heteroatoms. The number of fused-ring (bicyclic) bond motifs is 1. The van der Waals surface area contributed by atoms with Crippen molar-refractivity contribution >= 4 is 16.9 Å². The molecule has 0 radical (unpaired) electrons. The number of para-hydroxylation sites is 1. The van der Waals surface area contributed by atoms with Crippen LogP contribution in [0.25, 0.3) is 10.9 Å². The molecule has 0 aliphatic heterocycles. The second kappa shape index (κ2) is 5.89. The predicted molar refractivity (Wildman–Crippen MR) is 75.8 cm³/mol. The minimum Gasteiger partial charge on any atom is -0.462 e. The van der Waals surface area contributed by atoms with Gasteiger partial charge in [-0.3, -0.25) is 4.79 Å². The summed E-state index contributed by atoms with van der Waals surface area (Å²) in [4.78, 5) is 15.0. The third-order valence-corrected chi connectivity index (χ3v) is 3.31. The van der Waals surface area contributed by atoms with E-state index in [4.69, 9.17) is 10.5 Å². The number of ether oxygens (including phenoxy) is 1. The van der Waals surface area contributed by atoms with E-state index in [1.807, 2.05) is 44.3 Å². The second-order valence-corrected chi connectivity index (χ2v) is 4.83. The van der Waals surface area contributed by atoms with E-state index in [0.29, 0.717) is 6.42 Å². The minimum absolute atomic E-state index is 0.0819. The van der Waals surface area contributed by atoms with Gasteiger partial charge in [-0.05, 0) is 25.0 Å². The van der Waals surface area contributed by atoms with E-state index in [9.17, 15) is 4.79 Å². The Morgan fingerprint density at radius 3 is 2.89 bits per heavy atom. The molecular weight excluding hydrogens is 240 g/mol. The number of carbonyl (C=O) groups excluding carboxylic acids is 1. The normalized spacial score (nSPS) is 14.3. The molecule has 0 aliphatic rings. The van der Waals surface area contributed by atoms with Gasteiger partial charge in [0.25, 0.3) is 0 Å². The fraction of sp³-hybridized carbons (Fsp3) is 0.400. The zero-order valence-corrected chi connectivity index (χ0v) is 11.3. The van der Waals surface area contributed by atoms with Crippen molar-refractivity contribution in [1.29, 1.82) is 0 Å². The highest BCUT2D eigenvalue weighted by Gasteiger charge is 2.19. The number of carbonyl (C=O) groups is 1. The Morgan fingerprint density at radius 2 is 2.16 bits per heavy atom. The van der Waals surface area contributed by atoms with Crippen LogP contribution in [0.5, 0.6) is 0 Å². The molecule has 1 aromatic carbocycles. The molecule has 0 fully saturated rings. The molecule has 3 N–H and O–H groups in total. The average molecular weight is 260 g/mol. The van der Waals surface area contributed by atoms with Crippen molar-refractivity contribution in [2.45, 2.75) is 38.8 Å². The fourth-order valence-corrected chi connectivity index (χ4v) is 1.99. The molecule has 19 heavy (non-hydrogen) atoms. The van der Waals surface area contributed by atoms with Gasteiger partial charge < -0.3 is 15.5 Å². The highest BCUT2D eigenvalue weighted by Crippen LogP contribution is 2.19. The first-order valence-electron chi connectivity index (χ1n) is 6.63. The van der Waals surface area contributed by atoms with Crippen LogP contribution < -0.4 is 5.73 Å². The van der Waals surface area contributed by atoms with Gasteiger partial charge in [-0.1, -0.05) is 25.1 Å². The van der Waals surface area contributed by atoms with Crippen molar-refractivity contribution < 1.29 is 9.53 Å². The van der Waals surface area contributed by atoms with E-state index in [1.54, 1.807) is 0 Å². The zero-order chi connectivity index (χ0) is 13.8. The molecule has 4 nitrogen and oxygen atoms in total. The van der Waals surface area contributed by atoms with Gasteiger partial charge in [0.2, 0.25) is 0 Å². The van der Waals surface area contributed by atoms with Gasteiger partial charge >= 0.3 is 5.97 Å². The van der Waals surface area contributed by atoms with Crippen LogP contribution in [0.2, 0.25) is 0 Å². The van der Waals surface area contributed by atoms with Crippen molar-refractivity contribution in [3.63, 3.8) is 0 Å². The van der Waals surface area contributed by atoms with Gasteiger partial charge in [-0.15, -0.1) is 0 Å². The number of benzene rings is 1. The summed E-state index contributed by atoms with van der Waals surface area (Å²) in [6.07, 6.45) is 3.10. The quantitative estimate of drug-likeness (QED) is 0.811. The van der Waals surface area contributed by atoms with E-state index >= 15 is 0 Å². The fourth-order valence-electron chi connectivity index (χ4n) is 1.99. The molecule has 2 unspecified atom stereocenters. The summed E-state index contributed by atoms with van der Waals surface area (Å²) in [6, 6.07) is 7.35. The number of aromatic amines is 1. The summed E-state index contributed by atoms with van der Waals surface area (Å²) < 4.78 is 5.25. The van der Waals surface area contributed by atoms with Gasteiger partial charge in [0.05, 0.1) is 6.10 Å². The van der Waals surface area contributed by atoms with Crippen LogP contribution in [-0.4, -0.2) is 23.1 Å². The van der Waals surface area contributed by atoms with Crippen molar-refractivity contribution in [1.82, 2.24) is 4.98 Å². The zero-order valence-electron chi connectivity index (χ0n) is 11.3. The predicted octanol–water partition coefficient (Wildman–Crippen LogP) is 2.38. The maximum absolute atomic E-state index is 11.8. The highest BCUT2D eigenvalue weighted by atomic mass is 16.5. The Morgan fingerprint density at radius 1 is 1.42 bits per heavy atom. The monoisotopic (exact) mass is 260 g/mol. The number of nitrogens with two attached hydrogens (primary N) is 1. The van der Waals surface area contributed by atoms with Crippen molar-refractivity contribution in [3.8, 4) is 0 Å². The number of aromatic nitrogens is 1. The number of rotatable bonds is 5. The van der Waals surface area contributed by atoms with Crippen LogP contribution >= 0.6 is 0 Å². The highest BCUT2D eigenvalue weighted by molar-refractivity contribution is 5.84. The largest absolute Gasteiger partial charge is 0.462 e. The molecule has 1 heterocycles.